The fourth-order valence-corrected chi connectivity index (χ4v) is 2.54. The first-order valence-corrected chi connectivity index (χ1v) is 6.92. The van der Waals surface area contributed by atoms with Gasteiger partial charge < -0.3 is 18.7 Å². The molecule has 0 radical (unpaired) electrons. The fourth-order valence-electron chi connectivity index (χ4n) is 2.54. The molecule has 1 rings (SSSR count). The van der Waals surface area contributed by atoms with Gasteiger partial charge in [0, 0.05) is 13.2 Å². The van der Waals surface area contributed by atoms with Crippen LogP contribution in [0.25, 0.3) is 0 Å². The number of rotatable bonds is 8. The average Bonchev–Trinajstić information content (AvgIpc) is 2.31. The summed E-state index contributed by atoms with van der Waals surface area (Å²) >= 11 is 0. The van der Waals surface area contributed by atoms with E-state index in [0.29, 0.717) is 13.2 Å². The third-order valence-electron chi connectivity index (χ3n) is 3.36. The Balaban J connectivity index is 2.55. The normalized spacial score (nSPS) is 19.8. The molecule has 1 heterocycles. The van der Waals surface area contributed by atoms with E-state index in [1.807, 2.05) is 13.8 Å². The number of morpholine rings is 1. The van der Waals surface area contributed by atoms with Crippen molar-refractivity contribution in [2.24, 2.45) is 0 Å². The molecule has 1 saturated heterocycles. The molecular weight excluding hydrogens is 218 g/mol. The zero-order chi connectivity index (χ0) is 12.6. The van der Waals surface area contributed by atoms with Gasteiger partial charge in [-0.3, -0.25) is 0 Å². The maximum absolute atomic E-state index is 5.68. The molecule has 0 aliphatic carbocycles. The highest BCUT2D eigenvalue weighted by molar-refractivity contribution is 4.54. The van der Waals surface area contributed by atoms with E-state index >= 15 is 0 Å². The van der Waals surface area contributed by atoms with E-state index in [-0.39, 0.29) is 6.29 Å². The van der Waals surface area contributed by atoms with Gasteiger partial charge in [-0.05, 0) is 20.3 Å². The van der Waals surface area contributed by atoms with Gasteiger partial charge in [0.25, 0.3) is 0 Å². The molecule has 0 unspecified atom stereocenters. The molecule has 1 aliphatic heterocycles. The Hall–Kier alpha value is -0.160. The molecule has 0 saturated carbocycles. The van der Waals surface area contributed by atoms with Crippen molar-refractivity contribution in [1.82, 2.24) is 0 Å². The lowest BCUT2D eigenvalue weighted by atomic mass is 10.2. The first kappa shape index (κ1) is 14.9. The Morgan fingerprint density at radius 3 is 2.12 bits per heavy atom. The Labute approximate surface area is 105 Å². The number of ether oxygens (including phenoxy) is 3. The van der Waals surface area contributed by atoms with Crippen LogP contribution in [0.2, 0.25) is 0 Å². The van der Waals surface area contributed by atoms with Crippen LogP contribution in [-0.4, -0.2) is 63.4 Å². The summed E-state index contributed by atoms with van der Waals surface area (Å²) in [5, 5.41) is 0. The Bertz CT molecular complexity index is 182. The smallest absolute Gasteiger partial charge is 0.207 e. The SMILES string of the molecule is CCC[N+]1(CC(OCC)OCC)CCOCC1. The third kappa shape index (κ3) is 4.92. The highest BCUT2D eigenvalue weighted by Crippen LogP contribution is 2.15. The van der Waals surface area contributed by atoms with E-state index in [9.17, 15) is 0 Å². The Morgan fingerprint density at radius 2 is 1.65 bits per heavy atom. The quantitative estimate of drug-likeness (QED) is 0.481. The predicted molar refractivity (Wildman–Crippen MR) is 67.9 cm³/mol. The van der Waals surface area contributed by atoms with Crippen molar-refractivity contribution in [1.29, 1.82) is 0 Å². The van der Waals surface area contributed by atoms with Crippen LogP contribution in [0.5, 0.6) is 0 Å². The van der Waals surface area contributed by atoms with E-state index in [4.69, 9.17) is 14.2 Å². The molecule has 0 atom stereocenters. The molecule has 0 bridgehead atoms. The van der Waals surface area contributed by atoms with Crippen molar-refractivity contribution in [3.63, 3.8) is 0 Å². The minimum absolute atomic E-state index is 0.0605. The van der Waals surface area contributed by atoms with Crippen LogP contribution in [0.1, 0.15) is 27.2 Å². The molecule has 0 aromatic rings. The lowest BCUT2D eigenvalue weighted by Crippen LogP contribution is -2.59. The third-order valence-corrected chi connectivity index (χ3v) is 3.36. The lowest BCUT2D eigenvalue weighted by molar-refractivity contribution is -0.940. The van der Waals surface area contributed by atoms with Gasteiger partial charge in [-0.2, -0.15) is 0 Å². The van der Waals surface area contributed by atoms with Crippen LogP contribution in [0.4, 0.5) is 0 Å². The van der Waals surface area contributed by atoms with Crippen LogP contribution in [-0.2, 0) is 14.2 Å². The summed E-state index contributed by atoms with van der Waals surface area (Å²) in [5.74, 6) is 0. The van der Waals surface area contributed by atoms with Gasteiger partial charge in [0.1, 0.15) is 19.6 Å². The minimum Gasteiger partial charge on any atom is -0.370 e. The summed E-state index contributed by atoms with van der Waals surface area (Å²) in [7, 11) is 0. The molecular formula is C13H28NO3+. The average molecular weight is 246 g/mol. The second kappa shape index (κ2) is 8.03. The van der Waals surface area contributed by atoms with Gasteiger partial charge in [-0.25, -0.2) is 0 Å². The molecule has 4 heteroatoms. The highest BCUT2D eigenvalue weighted by Gasteiger charge is 2.33. The van der Waals surface area contributed by atoms with E-state index in [1.54, 1.807) is 0 Å². The molecule has 102 valence electrons. The van der Waals surface area contributed by atoms with Crippen LogP contribution in [0.3, 0.4) is 0 Å². The number of hydrogen-bond donors (Lipinski definition) is 0. The topological polar surface area (TPSA) is 27.7 Å². The predicted octanol–water partition coefficient (Wildman–Crippen LogP) is 1.64. The maximum atomic E-state index is 5.68. The van der Waals surface area contributed by atoms with Gasteiger partial charge in [0.2, 0.25) is 6.29 Å². The van der Waals surface area contributed by atoms with Gasteiger partial charge >= 0.3 is 0 Å². The largest absolute Gasteiger partial charge is 0.370 e. The standard InChI is InChI=1S/C13H28NO3/c1-4-7-14(8-10-15-11-9-14)12-13(16-5-2)17-6-3/h13H,4-12H2,1-3H3/q+1. The fraction of sp³-hybridized carbons (Fsp3) is 1.00. The highest BCUT2D eigenvalue weighted by atomic mass is 16.7. The van der Waals surface area contributed by atoms with Crippen molar-refractivity contribution in [3.05, 3.63) is 0 Å². The van der Waals surface area contributed by atoms with Crippen LogP contribution < -0.4 is 0 Å². The lowest BCUT2D eigenvalue weighted by Gasteiger charge is -2.42. The molecule has 4 nitrogen and oxygen atoms in total. The summed E-state index contributed by atoms with van der Waals surface area (Å²) in [5.41, 5.74) is 0. The summed E-state index contributed by atoms with van der Waals surface area (Å²) in [6.45, 7) is 13.8. The van der Waals surface area contributed by atoms with Crippen molar-refractivity contribution in [2.45, 2.75) is 33.5 Å². The van der Waals surface area contributed by atoms with Crippen molar-refractivity contribution < 1.29 is 18.7 Å². The Kier molecular flexibility index (Phi) is 7.04. The summed E-state index contributed by atoms with van der Waals surface area (Å²) in [6, 6.07) is 0. The van der Waals surface area contributed by atoms with E-state index in [0.717, 1.165) is 37.3 Å². The zero-order valence-corrected chi connectivity index (χ0v) is 11.6. The van der Waals surface area contributed by atoms with E-state index in [2.05, 4.69) is 6.92 Å². The molecule has 0 aromatic heterocycles. The van der Waals surface area contributed by atoms with Crippen molar-refractivity contribution >= 4 is 0 Å². The van der Waals surface area contributed by atoms with Crippen LogP contribution in [0.15, 0.2) is 0 Å². The number of nitrogens with zero attached hydrogens (tertiary/aromatic N) is 1. The van der Waals surface area contributed by atoms with Crippen LogP contribution >= 0.6 is 0 Å². The van der Waals surface area contributed by atoms with Gasteiger partial charge in [-0.15, -0.1) is 0 Å². The van der Waals surface area contributed by atoms with Gasteiger partial charge in [-0.1, -0.05) is 6.92 Å². The Morgan fingerprint density at radius 1 is 1.06 bits per heavy atom. The van der Waals surface area contributed by atoms with E-state index < -0.39 is 0 Å². The second-order valence-corrected chi connectivity index (χ2v) is 4.65. The first-order chi connectivity index (χ1) is 8.26. The van der Waals surface area contributed by atoms with Gasteiger partial charge in [0.15, 0.2) is 0 Å². The molecule has 0 N–H and O–H groups in total. The molecule has 1 aliphatic rings. The molecule has 1 fully saturated rings. The minimum atomic E-state index is -0.0605. The molecule has 0 spiro atoms. The summed E-state index contributed by atoms with van der Waals surface area (Å²) in [4.78, 5) is 0. The van der Waals surface area contributed by atoms with E-state index in [1.165, 1.54) is 13.0 Å². The maximum Gasteiger partial charge on any atom is 0.207 e. The van der Waals surface area contributed by atoms with Crippen molar-refractivity contribution in [2.75, 3.05) is 52.6 Å². The monoisotopic (exact) mass is 246 g/mol. The summed E-state index contributed by atoms with van der Waals surface area (Å²) < 4.78 is 17.9. The van der Waals surface area contributed by atoms with Crippen LogP contribution in [0, 0.1) is 0 Å². The molecule has 0 amide bonds. The number of hydrogen-bond acceptors (Lipinski definition) is 3. The van der Waals surface area contributed by atoms with Gasteiger partial charge in [0.05, 0.1) is 19.8 Å². The summed E-state index contributed by atoms with van der Waals surface area (Å²) in [6.07, 6.45) is 1.14. The first-order valence-electron chi connectivity index (χ1n) is 6.92. The van der Waals surface area contributed by atoms with Crippen molar-refractivity contribution in [3.8, 4) is 0 Å². The number of quaternary nitrogens is 1. The zero-order valence-electron chi connectivity index (χ0n) is 11.6. The second-order valence-electron chi connectivity index (χ2n) is 4.65. The molecule has 0 aromatic carbocycles. The molecule has 17 heavy (non-hydrogen) atoms.